The number of hydrogen-bond acceptors (Lipinski definition) is 5. The van der Waals surface area contributed by atoms with Crippen molar-refractivity contribution in [1.82, 2.24) is 14.9 Å². The number of carbonyl (C=O) groups is 1. The van der Waals surface area contributed by atoms with Gasteiger partial charge in [-0.15, -0.1) is 0 Å². The van der Waals surface area contributed by atoms with Gasteiger partial charge in [-0.05, 0) is 82.2 Å². The SMILES string of the molecule is Cc1cccc(C)c1-c1nc(C)c(CN(C)C2CCCc3ccccc32)c(N2CCC(C(N)=O)CC2)n1. The van der Waals surface area contributed by atoms with Crippen molar-refractivity contribution in [2.75, 3.05) is 25.0 Å². The summed E-state index contributed by atoms with van der Waals surface area (Å²) in [6, 6.07) is 15.6. The third-order valence-corrected chi connectivity index (χ3v) is 8.37. The topological polar surface area (TPSA) is 75.3 Å². The fourth-order valence-electron chi connectivity index (χ4n) is 6.23. The number of nitrogens with zero attached hydrogens (tertiary/aromatic N) is 4. The van der Waals surface area contributed by atoms with Crippen LogP contribution in [0.2, 0.25) is 0 Å². The fourth-order valence-corrected chi connectivity index (χ4v) is 6.23. The predicted octanol–water partition coefficient (Wildman–Crippen LogP) is 5.28. The second-order valence-corrected chi connectivity index (χ2v) is 10.9. The van der Waals surface area contributed by atoms with E-state index in [2.05, 4.69) is 80.1 Å². The summed E-state index contributed by atoms with van der Waals surface area (Å²) in [6.45, 7) is 8.71. The molecule has 2 aromatic carbocycles. The van der Waals surface area contributed by atoms with Gasteiger partial charge in [0.1, 0.15) is 5.82 Å². The molecule has 1 atom stereocenters. The van der Waals surface area contributed by atoms with E-state index in [1.807, 2.05) is 0 Å². The zero-order valence-corrected chi connectivity index (χ0v) is 22.6. The molecule has 0 bridgehead atoms. The van der Waals surface area contributed by atoms with Crippen molar-refractivity contribution < 1.29 is 4.79 Å². The Morgan fingerprint density at radius 3 is 2.41 bits per heavy atom. The van der Waals surface area contributed by atoms with Crippen LogP contribution in [0.1, 0.15) is 65.2 Å². The van der Waals surface area contributed by atoms with E-state index < -0.39 is 0 Å². The molecule has 37 heavy (non-hydrogen) atoms. The van der Waals surface area contributed by atoms with Gasteiger partial charge in [0.2, 0.25) is 5.91 Å². The van der Waals surface area contributed by atoms with Crippen molar-refractivity contribution >= 4 is 11.7 Å². The molecule has 1 aliphatic carbocycles. The Hall–Kier alpha value is -3.25. The average Bonchev–Trinajstić information content (AvgIpc) is 2.89. The van der Waals surface area contributed by atoms with Gasteiger partial charge in [0, 0.05) is 48.4 Å². The lowest BCUT2D eigenvalue weighted by atomic mass is 9.87. The molecule has 1 fully saturated rings. The van der Waals surface area contributed by atoms with Crippen molar-refractivity contribution in [2.45, 2.75) is 65.5 Å². The van der Waals surface area contributed by atoms with Crippen LogP contribution in [0.15, 0.2) is 42.5 Å². The molecule has 2 heterocycles. The summed E-state index contributed by atoms with van der Waals surface area (Å²) in [5.41, 5.74) is 14.2. The minimum absolute atomic E-state index is 0.0536. The van der Waals surface area contributed by atoms with E-state index in [0.29, 0.717) is 6.04 Å². The molecular weight excluding hydrogens is 458 g/mol. The monoisotopic (exact) mass is 497 g/mol. The number of piperidine rings is 1. The molecule has 0 saturated carbocycles. The first kappa shape index (κ1) is 25.4. The number of anilines is 1. The Bertz CT molecular complexity index is 1270. The van der Waals surface area contributed by atoms with Gasteiger partial charge in [-0.25, -0.2) is 9.97 Å². The number of nitrogens with two attached hydrogens (primary N) is 1. The summed E-state index contributed by atoms with van der Waals surface area (Å²) in [7, 11) is 2.23. The van der Waals surface area contributed by atoms with Gasteiger partial charge in [0.05, 0.1) is 0 Å². The quantitative estimate of drug-likeness (QED) is 0.501. The molecule has 6 nitrogen and oxygen atoms in total. The van der Waals surface area contributed by atoms with Crippen molar-refractivity contribution in [3.05, 3.63) is 76.0 Å². The lowest BCUT2D eigenvalue weighted by Gasteiger charge is -2.36. The second-order valence-electron chi connectivity index (χ2n) is 10.9. The Kier molecular flexibility index (Phi) is 7.29. The number of hydrogen-bond donors (Lipinski definition) is 1. The summed E-state index contributed by atoms with van der Waals surface area (Å²) in [5, 5.41) is 0. The fraction of sp³-hybridized carbons (Fsp3) is 0.452. The molecule has 2 N–H and O–H groups in total. The number of rotatable bonds is 6. The first-order chi connectivity index (χ1) is 17.8. The highest BCUT2D eigenvalue weighted by Crippen LogP contribution is 2.37. The van der Waals surface area contributed by atoms with Crippen LogP contribution in [0.3, 0.4) is 0 Å². The molecule has 3 aromatic rings. The minimum atomic E-state index is -0.189. The van der Waals surface area contributed by atoms with Gasteiger partial charge in [-0.2, -0.15) is 0 Å². The van der Waals surface area contributed by atoms with Gasteiger partial charge >= 0.3 is 0 Å². The van der Waals surface area contributed by atoms with Crippen molar-refractivity contribution in [3.63, 3.8) is 0 Å². The predicted molar refractivity (Wildman–Crippen MR) is 149 cm³/mol. The molecule has 1 amide bonds. The van der Waals surface area contributed by atoms with Gasteiger partial charge in [0.25, 0.3) is 0 Å². The van der Waals surface area contributed by atoms with E-state index in [9.17, 15) is 4.79 Å². The van der Waals surface area contributed by atoms with Crippen LogP contribution in [0, 0.1) is 26.7 Å². The van der Waals surface area contributed by atoms with Gasteiger partial charge in [0.15, 0.2) is 5.82 Å². The normalized spacial score (nSPS) is 18.2. The summed E-state index contributed by atoms with van der Waals surface area (Å²) in [6.07, 6.45) is 5.06. The first-order valence-electron chi connectivity index (χ1n) is 13.6. The lowest BCUT2D eigenvalue weighted by Crippen LogP contribution is -2.40. The number of fused-ring (bicyclic) bond motifs is 1. The van der Waals surface area contributed by atoms with Crippen LogP contribution in [0.4, 0.5) is 5.82 Å². The zero-order valence-electron chi connectivity index (χ0n) is 22.6. The summed E-state index contributed by atoms with van der Waals surface area (Å²) in [5.74, 6) is 1.55. The molecule has 1 aliphatic heterocycles. The number of amides is 1. The van der Waals surface area contributed by atoms with E-state index in [4.69, 9.17) is 15.7 Å². The van der Waals surface area contributed by atoms with E-state index in [1.165, 1.54) is 34.2 Å². The molecule has 0 radical (unpaired) electrons. The highest BCUT2D eigenvalue weighted by Gasteiger charge is 2.29. The summed E-state index contributed by atoms with van der Waals surface area (Å²) in [4.78, 5) is 27.0. The Balaban J connectivity index is 1.53. The van der Waals surface area contributed by atoms with Crippen LogP contribution in [0.25, 0.3) is 11.4 Å². The number of carbonyl (C=O) groups excluding carboxylic acids is 1. The van der Waals surface area contributed by atoms with E-state index >= 15 is 0 Å². The third-order valence-electron chi connectivity index (χ3n) is 8.37. The van der Waals surface area contributed by atoms with E-state index in [-0.39, 0.29) is 11.8 Å². The molecule has 1 unspecified atom stereocenters. The first-order valence-corrected chi connectivity index (χ1v) is 13.6. The van der Waals surface area contributed by atoms with Crippen molar-refractivity contribution in [3.8, 4) is 11.4 Å². The van der Waals surface area contributed by atoms with Crippen LogP contribution in [-0.4, -0.2) is 40.9 Å². The Morgan fingerprint density at radius 2 is 1.70 bits per heavy atom. The van der Waals surface area contributed by atoms with Crippen LogP contribution < -0.4 is 10.6 Å². The standard InChI is InChI=1S/C31H39N5O/c1-20-9-7-10-21(2)28(20)30-33-22(3)26(31(34-30)36-17-15-24(16-18-36)29(32)37)19-35(4)27-14-8-12-23-11-5-6-13-25(23)27/h5-7,9-11,13,24,27H,8,12,14-19H2,1-4H3,(H2,32,37). The maximum atomic E-state index is 11.8. The van der Waals surface area contributed by atoms with Gasteiger partial charge < -0.3 is 10.6 Å². The number of benzene rings is 2. The Morgan fingerprint density at radius 1 is 1.00 bits per heavy atom. The maximum absolute atomic E-state index is 11.8. The second kappa shape index (κ2) is 10.6. The van der Waals surface area contributed by atoms with Crippen LogP contribution in [0.5, 0.6) is 0 Å². The molecule has 1 aromatic heterocycles. The van der Waals surface area contributed by atoms with Gasteiger partial charge in [-0.1, -0.05) is 42.5 Å². The highest BCUT2D eigenvalue weighted by molar-refractivity contribution is 5.77. The van der Waals surface area contributed by atoms with E-state index in [1.54, 1.807) is 0 Å². The molecule has 1 saturated heterocycles. The van der Waals surface area contributed by atoms with Crippen LogP contribution >= 0.6 is 0 Å². The van der Waals surface area contributed by atoms with E-state index in [0.717, 1.165) is 68.2 Å². The molecule has 6 heteroatoms. The summed E-state index contributed by atoms with van der Waals surface area (Å²) >= 11 is 0. The third kappa shape index (κ3) is 5.12. The molecular formula is C31H39N5O. The number of primary amides is 1. The summed E-state index contributed by atoms with van der Waals surface area (Å²) < 4.78 is 0. The maximum Gasteiger partial charge on any atom is 0.220 e. The number of aryl methyl sites for hydroxylation is 4. The van der Waals surface area contributed by atoms with Crippen molar-refractivity contribution in [1.29, 1.82) is 0 Å². The zero-order chi connectivity index (χ0) is 26.1. The largest absolute Gasteiger partial charge is 0.369 e. The Labute approximate surface area is 220 Å². The highest BCUT2D eigenvalue weighted by atomic mass is 16.1. The lowest BCUT2D eigenvalue weighted by molar-refractivity contribution is -0.122. The number of aromatic nitrogens is 2. The van der Waals surface area contributed by atoms with Gasteiger partial charge in [-0.3, -0.25) is 9.69 Å². The molecule has 2 aliphatic rings. The average molecular weight is 498 g/mol. The minimum Gasteiger partial charge on any atom is -0.369 e. The smallest absolute Gasteiger partial charge is 0.220 e. The molecule has 194 valence electrons. The molecule has 0 spiro atoms. The van der Waals surface area contributed by atoms with Crippen molar-refractivity contribution in [2.24, 2.45) is 11.7 Å². The van der Waals surface area contributed by atoms with Crippen LogP contribution in [-0.2, 0) is 17.8 Å². The molecule has 5 rings (SSSR count).